The Hall–Kier alpha value is -2.77. The summed E-state index contributed by atoms with van der Waals surface area (Å²) in [6.07, 6.45) is 0.231. The number of rotatable bonds is 3. The van der Waals surface area contributed by atoms with E-state index in [0.717, 1.165) is 11.4 Å². The number of nitrogens with one attached hydrogen (secondary N) is 2. The number of hydrogen-bond acceptors (Lipinski definition) is 5. The third-order valence-electron chi connectivity index (χ3n) is 5.40. The maximum atomic E-state index is 12.1. The van der Waals surface area contributed by atoms with Crippen LogP contribution in [0, 0.1) is 5.92 Å². The van der Waals surface area contributed by atoms with Crippen LogP contribution in [0.25, 0.3) is 0 Å². The molecule has 1 aromatic rings. The normalized spacial score (nSPS) is 28.2. The van der Waals surface area contributed by atoms with Gasteiger partial charge in [0.2, 0.25) is 5.91 Å². The van der Waals surface area contributed by atoms with Crippen molar-refractivity contribution < 1.29 is 19.5 Å². The molecule has 1 saturated carbocycles. The van der Waals surface area contributed by atoms with Crippen LogP contribution < -0.4 is 15.5 Å². The Bertz CT molecular complexity index is 719. The van der Waals surface area contributed by atoms with Gasteiger partial charge in [-0.2, -0.15) is 0 Å². The van der Waals surface area contributed by atoms with Crippen molar-refractivity contribution in [3.8, 4) is 0 Å². The lowest BCUT2D eigenvalue weighted by molar-refractivity contribution is -0.148. The average molecular weight is 344 g/mol. The van der Waals surface area contributed by atoms with Gasteiger partial charge in [0.1, 0.15) is 5.54 Å². The first-order valence-corrected chi connectivity index (χ1v) is 8.43. The Morgan fingerprint density at radius 1 is 1.12 bits per heavy atom. The number of imide groups is 1. The number of hydrogen-bond donors (Lipinski definition) is 3. The van der Waals surface area contributed by atoms with Crippen LogP contribution in [0.5, 0.6) is 0 Å². The molecule has 8 heteroatoms. The molecule has 132 valence electrons. The van der Waals surface area contributed by atoms with E-state index in [1.807, 2.05) is 24.3 Å². The summed E-state index contributed by atoms with van der Waals surface area (Å²) in [5.41, 5.74) is 1.21. The molecule has 1 aliphatic carbocycles. The predicted molar refractivity (Wildman–Crippen MR) is 90.5 cm³/mol. The standard InChI is InChI=1S/C17H20N4O4/c22-14-11-9-17(10-11,15(23)18-14)19-12-1-3-13(4-2-12)20-5-7-21(8-6-20)16(24)25/h1-4,11,19H,5-10H2,(H,24,25)(H,18,22,23). The maximum absolute atomic E-state index is 12.1. The Kier molecular flexibility index (Phi) is 3.55. The number of carbonyl (C=O) groups is 3. The molecule has 8 nitrogen and oxygen atoms in total. The Morgan fingerprint density at radius 2 is 1.76 bits per heavy atom. The first kappa shape index (κ1) is 15.7. The summed E-state index contributed by atoms with van der Waals surface area (Å²) in [4.78, 5) is 38.2. The van der Waals surface area contributed by atoms with Crippen LogP contribution in [-0.4, -0.2) is 59.6 Å². The molecule has 4 aliphatic rings. The van der Waals surface area contributed by atoms with E-state index >= 15 is 0 Å². The highest BCUT2D eigenvalue weighted by Crippen LogP contribution is 2.44. The molecule has 0 aromatic heterocycles. The van der Waals surface area contributed by atoms with Crippen LogP contribution in [0.2, 0.25) is 0 Å². The maximum Gasteiger partial charge on any atom is 0.407 e. The van der Waals surface area contributed by atoms with E-state index in [1.165, 1.54) is 4.90 Å². The fourth-order valence-corrected chi connectivity index (χ4v) is 3.83. The second-order valence-corrected chi connectivity index (χ2v) is 6.93. The number of piperidine rings is 2. The van der Waals surface area contributed by atoms with Gasteiger partial charge in [-0.05, 0) is 37.1 Å². The summed E-state index contributed by atoms with van der Waals surface area (Å²) >= 11 is 0. The molecule has 3 saturated heterocycles. The molecule has 0 radical (unpaired) electrons. The van der Waals surface area contributed by atoms with Crippen molar-refractivity contribution in [3.63, 3.8) is 0 Å². The predicted octanol–water partition coefficient (Wildman–Crippen LogP) is 0.704. The van der Waals surface area contributed by atoms with Crippen molar-refractivity contribution in [3.05, 3.63) is 24.3 Å². The van der Waals surface area contributed by atoms with E-state index in [1.54, 1.807) is 0 Å². The van der Waals surface area contributed by atoms with Crippen molar-refractivity contribution in [1.82, 2.24) is 10.2 Å². The Morgan fingerprint density at radius 3 is 2.32 bits per heavy atom. The monoisotopic (exact) mass is 344 g/mol. The molecular formula is C17H20N4O4. The smallest absolute Gasteiger partial charge is 0.407 e. The van der Waals surface area contributed by atoms with Gasteiger partial charge < -0.3 is 20.2 Å². The first-order chi connectivity index (χ1) is 12.0. The summed E-state index contributed by atoms with van der Waals surface area (Å²) in [6, 6.07) is 7.78. The van der Waals surface area contributed by atoms with Gasteiger partial charge in [-0.25, -0.2) is 4.79 Å². The molecule has 4 fully saturated rings. The molecule has 0 atom stereocenters. The average Bonchev–Trinajstić information content (AvgIpc) is 2.57. The zero-order valence-electron chi connectivity index (χ0n) is 13.7. The second kappa shape index (κ2) is 5.65. The van der Waals surface area contributed by atoms with Gasteiger partial charge in [-0.1, -0.05) is 0 Å². The molecule has 1 aromatic carbocycles. The van der Waals surface area contributed by atoms with Crippen LogP contribution in [0.3, 0.4) is 0 Å². The minimum Gasteiger partial charge on any atom is -0.465 e. The number of amides is 3. The lowest BCUT2D eigenvalue weighted by Gasteiger charge is -2.50. The van der Waals surface area contributed by atoms with Gasteiger partial charge in [0.25, 0.3) is 5.91 Å². The third kappa shape index (κ3) is 2.67. The molecule has 5 rings (SSSR count). The molecule has 0 spiro atoms. The van der Waals surface area contributed by atoms with Crippen molar-refractivity contribution in [2.75, 3.05) is 36.4 Å². The minimum absolute atomic E-state index is 0.0602. The summed E-state index contributed by atoms with van der Waals surface area (Å²) < 4.78 is 0. The van der Waals surface area contributed by atoms with E-state index in [9.17, 15) is 14.4 Å². The van der Waals surface area contributed by atoms with Gasteiger partial charge in [-0.15, -0.1) is 0 Å². The van der Waals surface area contributed by atoms with Crippen LogP contribution in [0.15, 0.2) is 24.3 Å². The van der Waals surface area contributed by atoms with Crippen LogP contribution in [0.4, 0.5) is 16.2 Å². The highest BCUT2D eigenvalue weighted by Gasteiger charge is 2.57. The molecule has 3 N–H and O–H groups in total. The number of carbonyl (C=O) groups excluding carboxylic acids is 2. The van der Waals surface area contributed by atoms with Crippen molar-refractivity contribution in [2.24, 2.45) is 5.92 Å². The highest BCUT2D eigenvalue weighted by atomic mass is 16.4. The van der Waals surface area contributed by atoms with E-state index in [4.69, 9.17) is 5.11 Å². The van der Waals surface area contributed by atoms with Crippen LogP contribution >= 0.6 is 0 Å². The topological polar surface area (TPSA) is 102 Å². The number of piperazine rings is 1. The van der Waals surface area contributed by atoms with E-state index in [0.29, 0.717) is 39.0 Å². The fraction of sp³-hybridized carbons (Fsp3) is 0.471. The van der Waals surface area contributed by atoms with Crippen molar-refractivity contribution in [2.45, 2.75) is 18.4 Å². The quantitative estimate of drug-likeness (QED) is 0.698. The Labute approximate surface area is 144 Å². The highest BCUT2D eigenvalue weighted by molar-refractivity contribution is 6.08. The molecular weight excluding hydrogens is 324 g/mol. The fourth-order valence-electron chi connectivity index (χ4n) is 3.83. The van der Waals surface area contributed by atoms with Crippen LogP contribution in [0.1, 0.15) is 12.8 Å². The number of benzene rings is 1. The lowest BCUT2D eigenvalue weighted by Crippen LogP contribution is -2.69. The lowest BCUT2D eigenvalue weighted by atomic mass is 9.64. The third-order valence-corrected chi connectivity index (χ3v) is 5.40. The largest absolute Gasteiger partial charge is 0.465 e. The number of carboxylic acid groups (broad SMARTS) is 1. The molecule has 3 heterocycles. The summed E-state index contributed by atoms with van der Waals surface area (Å²) in [5.74, 6) is -0.464. The van der Waals surface area contributed by atoms with Gasteiger partial charge >= 0.3 is 6.09 Å². The second-order valence-electron chi connectivity index (χ2n) is 6.93. The molecule has 3 aliphatic heterocycles. The molecule has 0 unspecified atom stereocenters. The zero-order valence-corrected chi connectivity index (χ0v) is 13.7. The zero-order chi connectivity index (χ0) is 17.6. The van der Waals surface area contributed by atoms with Crippen molar-refractivity contribution in [1.29, 1.82) is 0 Å². The summed E-state index contributed by atoms with van der Waals surface area (Å²) in [5, 5.41) is 14.7. The number of fused-ring (bicyclic) bond motifs is 2. The van der Waals surface area contributed by atoms with Crippen molar-refractivity contribution >= 4 is 29.3 Å². The van der Waals surface area contributed by atoms with E-state index in [-0.39, 0.29) is 17.7 Å². The van der Waals surface area contributed by atoms with Crippen LogP contribution in [-0.2, 0) is 9.59 Å². The Balaban J connectivity index is 1.39. The number of nitrogens with zero attached hydrogens (tertiary/aromatic N) is 2. The first-order valence-electron chi connectivity index (χ1n) is 8.43. The van der Waals surface area contributed by atoms with E-state index < -0.39 is 11.6 Å². The van der Waals surface area contributed by atoms with E-state index in [2.05, 4.69) is 15.5 Å². The van der Waals surface area contributed by atoms with Gasteiger partial charge in [0, 0.05) is 43.5 Å². The summed E-state index contributed by atoms with van der Waals surface area (Å²) in [7, 11) is 0. The molecule has 3 amide bonds. The SMILES string of the molecule is O=C1NC(=O)C2(Nc3ccc(N4CCN(C(=O)O)CC4)cc3)CC1C2. The van der Waals surface area contributed by atoms with Gasteiger partial charge in [0.15, 0.2) is 0 Å². The summed E-state index contributed by atoms with van der Waals surface area (Å²) in [6.45, 7) is 2.31. The minimum atomic E-state index is -0.874. The molecule has 2 bridgehead atoms. The van der Waals surface area contributed by atoms with Gasteiger partial charge in [0.05, 0.1) is 0 Å². The molecule has 25 heavy (non-hydrogen) atoms. The van der Waals surface area contributed by atoms with Gasteiger partial charge in [-0.3, -0.25) is 14.9 Å². The number of anilines is 2.